The van der Waals surface area contributed by atoms with Crippen LogP contribution in [0.5, 0.6) is 0 Å². The lowest BCUT2D eigenvalue weighted by molar-refractivity contribution is -0.141. The van der Waals surface area contributed by atoms with Crippen molar-refractivity contribution in [1.82, 2.24) is 0 Å². The third-order valence-corrected chi connectivity index (χ3v) is 2.32. The highest BCUT2D eigenvalue weighted by Gasteiger charge is 2.02. The molecular formula is C14H16ClN3O2. The van der Waals surface area contributed by atoms with E-state index in [2.05, 4.69) is 4.99 Å². The number of carbonyl (C=O) groups is 1. The van der Waals surface area contributed by atoms with Crippen LogP contribution in [0, 0.1) is 5.41 Å². The third-order valence-electron chi connectivity index (χ3n) is 2.08. The molecule has 0 aliphatic carbocycles. The molecule has 20 heavy (non-hydrogen) atoms. The van der Waals surface area contributed by atoms with Crippen molar-refractivity contribution in [3.63, 3.8) is 0 Å². The summed E-state index contributed by atoms with van der Waals surface area (Å²) < 4.78 is 4.90. The molecule has 106 valence electrons. The Hall–Kier alpha value is -2.14. The van der Waals surface area contributed by atoms with Gasteiger partial charge in [-0.15, -0.1) is 0 Å². The molecule has 1 rings (SSSR count). The van der Waals surface area contributed by atoms with Crippen molar-refractivity contribution in [2.75, 3.05) is 0 Å². The van der Waals surface area contributed by atoms with Crippen molar-refractivity contribution >= 4 is 29.2 Å². The molecule has 1 aromatic rings. The second kappa shape index (κ2) is 7.45. The van der Waals surface area contributed by atoms with E-state index in [4.69, 9.17) is 27.5 Å². The summed E-state index contributed by atoms with van der Waals surface area (Å²) in [6, 6.07) is 6.72. The van der Waals surface area contributed by atoms with Gasteiger partial charge >= 0.3 is 5.97 Å². The summed E-state index contributed by atoms with van der Waals surface area (Å²) >= 11 is 5.83. The molecule has 0 unspecified atom stereocenters. The summed E-state index contributed by atoms with van der Waals surface area (Å²) in [7, 11) is 0. The topological polar surface area (TPSA) is 88.5 Å². The van der Waals surface area contributed by atoms with Crippen LogP contribution in [0.3, 0.4) is 0 Å². The standard InChI is InChI=1S/C14H16ClN3O2/c1-9(2)20-13(19)7-6-12(16)18-14(17)10-4-3-5-11(15)8-10/h3-9H,1-2H3,(H3,16,17,18)/b7-6-. The van der Waals surface area contributed by atoms with E-state index in [1.807, 2.05) is 0 Å². The summed E-state index contributed by atoms with van der Waals surface area (Å²) in [5.74, 6) is -0.505. The first kappa shape index (κ1) is 15.9. The minimum atomic E-state index is -0.507. The Morgan fingerprint density at radius 2 is 2.15 bits per heavy atom. The lowest BCUT2D eigenvalue weighted by Gasteiger charge is -2.03. The summed E-state index contributed by atoms with van der Waals surface area (Å²) in [5, 5.41) is 8.29. The number of rotatable bonds is 4. The SMILES string of the molecule is CC(C)OC(=O)/C=C\C(N)=NC(=N)c1cccc(Cl)c1. The normalized spacial score (nSPS) is 11.9. The number of ether oxygens (including phenoxy) is 1. The van der Waals surface area contributed by atoms with Gasteiger partial charge in [0.05, 0.1) is 6.10 Å². The molecule has 0 saturated carbocycles. The molecule has 0 bridgehead atoms. The Labute approximate surface area is 122 Å². The molecule has 3 N–H and O–H groups in total. The molecule has 0 fully saturated rings. The number of nitrogens with two attached hydrogens (primary N) is 1. The monoisotopic (exact) mass is 293 g/mol. The van der Waals surface area contributed by atoms with Gasteiger partial charge in [-0.3, -0.25) is 5.41 Å². The summed E-state index contributed by atoms with van der Waals surface area (Å²) in [4.78, 5) is 15.1. The fourth-order valence-electron chi connectivity index (χ4n) is 1.29. The average Bonchev–Trinajstić information content (AvgIpc) is 2.35. The maximum Gasteiger partial charge on any atom is 0.331 e. The summed E-state index contributed by atoms with van der Waals surface area (Å²) in [6.45, 7) is 3.50. The van der Waals surface area contributed by atoms with Gasteiger partial charge in [-0.05, 0) is 32.1 Å². The number of hydrogen-bond acceptors (Lipinski definition) is 3. The highest BCUT2D eigenvalue weighted by molar-refractivity contribution is 6.31. The van der Waals surface area contributed by atoms with E-state index in [0.717, 1.165) is 0 Å². The Morgan fingerprint density at radius 3 is 2.75 bits per heavy atom. The van der Waals surface area contributed by atoms with E-state index >= 15 is 0 Å². The van der Waals surface area contributed by atoms with E-state index < -0.39 is 5.97 Å². The number of benzene rings is 1. The van der Waals surface area contributed by atoms with Crippen molar-refractivity contribution in [1.29, 1.82) is 5.41 Å². The summed E-state index contributed by atoms with van der Waals surface area (Å²) in [6.07, 6.45) is 2.27. The average molecular weight is 294 g/mol. The predicted molar refractivity (Wildman–Crippen MR) is 80.3 cm³/mol. The zero-order valence-corrected chi connectivity index (χ0v) is 12.0. The van der Waals surface area contributed by atoms with Crippen LogP contribution in [0.25, 0.3) is 0 Å². The van der Waals surface area contributed by atoms with Crippen LogP contribution < -0.4 is 5.73 Å². The van der Waals surface area contributed by atoms with Crippen molar-refractivity contribution < 1.29 is 9.53 Å². The Balaban J connectivity index is 2.71. The zero-order chi connectivity index (χ0) is 15.1. The zero-order valence-electron chi connectivity index (χ0n) is 11.3. The van der Waals surface area contributed by atoms with Crippen molar-refractivity contribution in [3.05, 3.63) is 47.0 Å². The Kier molecular flexibility index (Phi) is 5.93. The van der Waals surface area contributed by atoms with Crippen LogP contribution in [-0.2, 0) is 9.53 Å². The lowest BCUT2D eigenvalue weighted by atomic mass is 10.2. The first-order valence-corrected chi connectivity index (χ1v) is 6.33. The van der Waals surface area contributed by atoms with Crippen molar-refractivity contribution in [2.24, 2.45) is 10.7 Å². The molecule has 0 radical (unpaired) electrons. The predicted octanol–water partition coefficient (Wildman–Crippen LogP) is 2.53. The number of aliphatic imine (C=N–C) groups is 1. The first-order valence-electron chi connectivity index (χ1n) is 5.96. The highest BCUT2D eigenvalue weighted by Crippen LogP contribution is 2.11. The van der Waals surface area contributed by atoms with E-state index in [0.29, 0.717) is 10.6 Å². The van der Waals surface area contributed by atoms with Crippen LogP contribution in [0.15, 0.2) is 41.4 Å². The van der Waals surface area contributed by atoms with Gasteiger partial charge in [-0.25, -0.2) is 9.79 Å². The van der Waals surface area contributed by atoms with Gasteiger partial charge in [-0.2, -0.15) is 0 Å². The van der Waals surface area contributed by atoms with Gasteiger partial charge in [-0.1, -0.05) is 23.7 Å². The maximum atomic E-state index is 11.3. The highest BCUT2D eigenvalue weighted by atomic mass is 35.5. The maximum absolute atomic E-state index is 11.3. The molecule has 0 spiro atoms. The molecule has 0 atom stereocenters. The second-order valence-corrected chi connectivity index (χ2v) is 4.65. The number of nitrogens with one attached hydrogen (secondary N) is 1. The van der Waals surface area contributed by atoms with Gasteiger partial charge in [0.1, 0.15) is 5.84 Å². The minimum Gasteiger partial charge on any atom is -0.460 e. The number of nitrogens with zero attached hydrogens (tertiary/aromatic N) is 1. The smallest absolute Gasteiger partial charge is 0.331 e. The third kappa shape index (κ3) is 5.67. The van der Waals surface area contributed by atoms with Gasteiger partial charge < -0.3 is 10.5 Å². The number of carbonyl (C=O) groups excluding carboxylic acids is 1. The van der Waals surface area contributed by atoms with E-state index in [-0.39, 0.29) is 17.8 Å². The molecule has 5 nitrogen and oxygen atoms in total. The fraction of sp³-hybridized carbons (Fsp3) is 0.214. The molecule has 0 aliphatic rings. The number of esters is 1. The lowest BCUT2D eigenvalue weighted by Crippen LogP contribution is -2.13. The Morgan fingerprint density at radius 1 is 1.45 bits per heavy atom. The van der Waals surface area contributed by atoms with Gasteiger partial charge in [0.15, 0.2) is 5.84 Å². The van der Waals surface area contributed by atoms with Crippen LogP contribution in [-0.4, -0.2) is 23.7 Å². The van der Waals surface area contributed by atoms with E-state index in [9.17, 15) is 4.79 Å². The second-order valence-electron chi connectivity index (χ2n) is 4.21. The molecule has 0 saturated heterocycles. The molecule has 0 aromatic heterocycles. The number of hydrogen-bond donors (Lipinski definition) is 2. The van der Waals surface area contributed by atoms with Gasteiger partial charge in [0.25, 0.3) is 0 Å². The van der Waals surface area contributed by atoms with Crippen LogP contribution >= 0.6 is 11.6 Å². The van der Waals surface area contributed by atoms with Crippen LogP contribution in [0.4, 0.5) is 0 Å². The molecular weight excluding hydrogens is 278 g/mol. The van der Waals surface area contributed by atoms with Gasteiger partial charge in [0.2, 0.25) is 0 Å². The molecule has 6 heteroatoms. The van der Waals surface area contributed by atoms with Crippen molar-refractivity contribution in [2.45, 2.75) is 20.0 Å². The van der Waals surface area contributed by atoms with Crippen molar-refractivity contribution in [3.8, 4) is 0 Å². The largest absolute Gasteiger partial charge is 0.460 e. The molecule has 1 aromatic carbocycles. The van der Waals surface area contributed by atoms with Gasteiger partial charge in [0, 0.05) is 16.7 Å². The number of amidine groups is 2. The number of halogens is 1. The molecule has 0 amide bonds. The van der Waals surface area contributed by atoms with E-state index in [1.165, 1.54) is 12.2 Å². The van der Waals surface area contributed by atoms with E-state index in [1.54, 1.807) is 38.1 Å². The first-order chi connectivity index (χ1) is 9.38. The Bertz CT molecular complexity index is 565. The molecule has 0 aliphatic heterocycles. The summed E-state index contributed by atoms with van der Waals surface area (Å²) in [5.41, 5.74) is 6.15. The molecule has 0 heterocycles. The quantitative estimate of drug-likeness (QED) is 0.387. The fourth-order valence-corrected chi connectivity index (χ4v) is 1.48. The van der Waals surface area contributed by atoms with Crippen LogP contribution in [0.2, 0.25) is 5.02 Å². The van der Waals surface area contributed by atoms with Crippen LogP contribution in [0.1, 0.15) is 19.4 Å². The minimum absolute atomic E-state index is 0.0353.